The number of benzene rings is 2. The van der Waals surface area contributed by atoms with E-state index in [1.807, 2.05) is 67.6 Å². The number of hydrogen-bond donors (Lipinski definition) is 1. The van der Waals surface area contributed by atoms with Crippen LogP contribution < -0.4 is 5.32 Å². The molecule has 0 atom stereocenters. The van der Waals surface area contributed by atoms with E-state index in [1.165, 1.54) is 4.90 Å². The van der Waals surface area contributed by atoms with Crippen LogP contribution in [0, 0.1) is 6.92 Å². The summed E-state index contributed by atoms with van der Waals surface area (Å²) in [7, 11) is 0. The number of anilines is 1. The van der Waals surface area contributed by atoms with Crippen LogP contribution in [0.15, 0.2) is 84.7 Å². The van der Waals surface area contributed by atoms with Gasteiger partial charge in [0.2, 0.25) is 0 Å². The minimum Gasteiger partial charge on any atom is -0.350 e. The molecule has 138 valence electrons. The van der Waals surface area contributed by atoms with Crippen molar-refractivity contribution in [3.63, 3.8) is 0 Å². The first-order valence-corrected chi connectivity index (χ1v) is 9.03. The van der Waals surface area contributed by atoms with Gasteiger partial charge < -0.3 is 5.32 Å². The van der Waals surface area contributed by atoms with Crippen LogP contribution in [-0.2, 0) is 16.1 Å². The third-order valence-electron chi connectivity index (χ3n) is 4.60. The molecule has 4 rings (SSSR count). The van der Waals surface area contributed by atoms with Gasteiger partial charge in [0.05, 0.1) is 17.8 Å². The Morgan fingerprint density at radius 1 is 0.857 bits per heavy atom. The number of nitrogens with zero attached hydrogens (tertiary/aromatic N) is 2. The van der Waals surface area contributed by atoms with Gasteiger partial charge in [-0.25, -0.2) is 0 Å². The molecule has 0 bridgehead atoms. The minimum atomic E-state index is -0.352. The second-order valence-electron chi connectivity index (χ2n) is 6.62. The predicted molar refractivity (Wildman–Crippen MR) is 108 cm³/mol. The average molecular weight is 369 g/mol. The second-order valence-corrected chi connectivity index (χ2v) is 6.62. The molecule has 0 fully saturated rings. The average Bonchev–Trinajstić information content (AvgIpc) is 2.95. The summed E-state index contributed by atoms with van der Waals surface area (Å²) in [5.74, 6) is -0.673. The minimum absolute atomic E-state index is 0.133. The summed E-state index contributed by atoms with van der Waals surface area (Å²) < 4.78 is 0. The van der Waals surface area contributed by atoms with Crippen molar-refractivity contribution in [2.75, 3.05) is 5.32 Å². The van der Waals surface area contributed by atoms with Crippen LogP contribution in [0.3, 0.4) is 0 Å². The summed E-state index contributed by atoms with van der Waals surface area (Å²) in [5, 5.41) is 3.15. The highest BCUT2D eigenvalue weighted by molar-refractivity contribution is 6.36. The summed E-state index contributed by atoms with van der Waals surface area (Å²) in [4.78, 5) is 31.8. The lowest BCUT2D eigenvalue weighted by Crippen LogP contribution is -2.32. The van der Waals surface area contributed by atoms with Gasteiger partial charge in [-0.05, 0) is 36.8 Å². The van der Waals surface area contributed by atoms with Crippen molar-refractivity contribution in [2.45, 2.75) is 13.5 Å². The highest BCUT2D eigenvalue weighted by Gasteiger charge is 2.39. The topological polar surface area (TPSA) is 62.3 Å². The molecule has 2 aromatic carbocycles. The number of carbonyl (C=O) groups is 2. The summed E-state index contributed by atoms with van der Waals surface area (Å²) >= 11 is 0. The Kier molecular flexibility index (Phi) is 4.72. The SMILES string of the molecule is Cc1ccc(C2=C(Nc3ccccc3)C(=O)N(Cc3ccccn3)C2=O)cc1. The quantitative estimate of drug-likeness (QED) is 0.695. The standard InChI is InChI=1S/C23H19N3O2/c1-16-10-12-17(13-11-16)20-21(25-18-7-3-2-4-8-18)23(28)26(22(20)27)15-19-9-5-6-14-24-19/h2-14,25H,15H2,1H3. The van der Waals surface area contributed by atoms with Gasteiger partial charge in [0.1, 0.15) is 5.70 Å². The van der Waals surface area contributed by atoms with Crippen molar-refractivity contribution in [2.24, 2.45) is 0 Å². The molecule has 0 saturated heterocycles. The highest BCUT2D eigenvalue weighted by Crippen LogP contribution is 2.31. The Hall–Kier alpha value is -3.73. The third kappa shape index (κ3) is 3.42. The number of imide groups is 1. The molecular weight excluding hydrogens is 350 g/mol. The van der Waals surface area contributed by atoms with Gasteiger partial charge in [0.15, 0.2) is 0 Å². The summed E-state index contributed by atoms with van der Waals surface area (Å²) in [6, 6.07) is 22.4. The van der Waals surface area contributed by atoms with Gasteiger partial charge in [-0.2, -0.15) is 0 Å². The maximum atomic E-state index is 13.2. The molecule has 1 N–H and O–H groups in total. The van der Waals surface area contributed by atoms with Crippen LogP contribution in [-0.4, -0.2) is 21.7 Å². The number of rotatable bonds is 5. The third-order valence-corrected chi connectivity index (χ3v) is 4.60. The van der Waals surface area contributed by atoms with Crippen LogP contribution in [0.4, 0.5) is 5.69 Å². The molecule has 0 spiro atoms. The lowest BCUT2D eigenvalue weighted by molar-refractivity contribution is -0.137. The lowest BCUT2D eigenvalue weighted by Gasteiger charge is -2.14. The molecule has 2 amide bonds. The lowest BCUT2D eigenvalue weighted by atomic mass is 10.0. The molecule has 0 saturated carbocycles. The Labute approximate surface area is 163 Å². The van der Waals surface area contributed by atoms with E-state index in [1.54, 1.807) is 18.3 Å². The zero-order valence-electron chi connectivity index (χ0n) is 15.4. The van der Waals surface area contributed by atoms with E-state index in [0.717, 1.165) is 11.3 Å². The fourth-order valence-corrected chi connectivity index (χ4v) is 3.14. The number of nitrogens with one attached hydrogen (secondary N) is 1. The summed E-state index contributed by atoms with van der Waals surface area (Å²) in [6.07, 6.45) is 1.65. The van der Waals surface area contributed by atoms with E-state index in [2.05, 4.69) is 10.3 Å². The van der Waals surface area contributed by atoms with Crippen molar-refractivity contribution in [1.82, 2.24) is 9.88 Å². The predicted octanol–water partition coefficient (Wildman–Crippen LogP) is 3.78. The van der Waals surface area contributed by atoms with Gasteiger partial charge in [0.25, 0.3) is 11.8 Å². The van der Waals surface area contributed by atoms with Crippen molar-refractivity contribution in [3.05, 3.63) is 102 Å². The monoisotopic (exact) mass is 369 g/mol. The maximum absolute atomic E-state index is 13.2. The number of pyridine rings is 1. The van der Waals surface area contributed by atoms with Crippen LogP contribution in [0.5, 0.6) is 0 Å². The molecule has 1 aliphatic heterocycles. The van der Waals surface area contributed by atoms with Gasteiger partial charge in [-0.3, -0.25) is 19.5 Å². The molecule has 0 radical (unpaired) electrons. The Morgan fingerprint density at radius 2 is 1.57 bits per heavy atom. The number of aryl methyl sites for hydroxylation is 1. The van der Waals surface area contributed by atoms with Gasteiger partial charge >= 0.3 is 0 Å². The normalized spacial score (nSPS) is 14.0. The zero-order valence-corrected chi connectivity index (χ0v) is 15.4. The second kappa shape index (κ2) is 7.48. The zero-order chi connectivity index (χ0) is 19.5. The molecule has 1 aliphatic rings. The Balaban J connectivity index is 1.74. The van der Waals surface area contributed by atoms with Gasteiger partial charge in [-0.15, -0.1) is 0 Å². The highest BCUT2D eigenvalue weighted by atomic mass is 16.2. The molecular formula is C23H19N3O2. The van der Waals surface area contributed by atoms with Crippen LogP contribution >= 0.6 is 0 Å². The fraction of sp³-hybridized carbons (Fsp3) is 0.0870. The van der Waals surface area contributed by atoms with E-state index >= 15 is 0 Å². The van der Waals surface area contributed by atoms with Crippen molar-refractivity contribution in [1.29, 1.82) is 0 Å². The van der Waals surface area contributed by atoms with Crippen molar-refractivity contribution in [3.8, 4) is 0 Å². The first-order chi connectivity index (χ1) is 13.6. The first kappa shape index (κ1) is 17.7. The van der Waals surface area contributed by atoms with Crippen LogP contribution in [0.2, 0.25) is 0 Å². The van der Waals surface area contributed by atoms with E-state index in [0.29, 0.717) is 16.8 Å². The van der Waals surface area contributed by atoms with Crippen LogP contribution in [0.1, 0.15) is 16.8 Å². The molecule has 28 heavy (non-hydrogen) atoms. The van der Waals surface area contributed by atoms with E-state index in [4.69, 9.17) is 0 Å². The fourth-order valence-electron chi connectivity index (χ4n) is 3.14. The number of amides is 2. The number of para-hydroxylation sites is 1. The maximum Gasteiger partial charge on any atom is 0.278 e. The number of carbonyl (C=O) groups excluding carboxylic acids is 2. The molecule has 3 aromatic rings. The molecule has 5 heteroatoms. The first-order valence-electron chi connectivity index (χ1n) is 9.03. The smallest absolute Gasteiger partial charge is 0.278 e. The van der Waals surface area contributed by atoms with Crippen LogP contribution in [0.25, 0.3) is 5.57 Å². The Bertz CT molecular complexity index is 1040. The van der Waals surface area contributed by atoms with Crippen molar-refractivity contribution < 1.29 is 9.59 Å². The largest absolute Gasteiger partial charge is 0.350 e. The van der Waals surface area contributed by atoms with Crippen molar-refractivity contribution >= 4 is 23.1 Å². The van der Waals surface area contributed by atoms with E-state index in [-0.39, 0.29) is 24.1 Å². The number of hydrogen-bond acceptors (Lipinski definition) is 4. The molecule has 2 heterocycles. The molecule has 1 aromatic heterocycles. The molecule has 0 aliphatic carbocycles. The van der Waals surface area contributed by atoms with E-state index < -0.39 is 0 Å². The number of aromatic nitrogens is 1. The Morgan fingerprint density at radius 3 is 2.25 bits per heavy atom. The molecule has 0 unspecified atom stereocenters. The molecule has 5 nitrogen and oxygen atoms in total. The summed E-state index contributed by atoms with van der Waals surface area (Å²) in [6.45, 7) is 2.12. The van der Waals surface area contributed by atoms with Gasteiger partial charge in [-0.1, -0.05) is 54.1 Å². The van der Waals surface area contributed by atoms with E-state index in [9.17, 15) is 9.59 Å². The van der Waals surface area contributed by atoms with Gasteiger partial charge in [0, 0.05) is 11.9 Å². The summed E-state index contributed by atoms with van der Waals surface area (Å²) in [5.41, 5.74) is 3.88.